The minimum absolute atomic E-state index is 0.220. The van der Waals surface area contributed by atoms with Gasteiger partial charge in [-0.2, -0.15) is 0 Å². The average molecular weight is 409 g/mol. The highest BCUT2D eigenvalue weighted by Crippen LogP contribution is 2.26. The van der Waals surface area contributed by atoms with Crippen LogP contribution in [-0.2, 0) is 16.0 Å². The van der Waals surface area contributed by atoms with E-state index in [-0.39, 0.29) is 11.1 Å². The Hall–Kier alpha value is -3.42. The highest BCUT2D eigenvalue weighted by molar-refractivity contribution is 5.97. The van der Waals surface area contributed by atoms with Crippen LogP contribution in [0, 0.1) is 0 Å². The van der Waals surface area contributed by atoms with E-state index in [1.165, 1.54) is 20.3 Å². The van der Waals surface area contributed by atoms with Gasteiger partial charge in [0, 0.05) is 12.1 Å². The molecule has 0 aliphatic heterocycles. The van der Waals surface area contributed by atoms with Crippen LogP contribution < -0.4 is 5.32 Å². The van der Waals surface area contributed by atoms with E-state index < -0.39 is 18.0 Å². The molecule has 0 saturated heterocycles. The number of aliphatic hydroxyl groups excluding tert-OH is 1. The lowest BCUT2D eigenvalue weighted by Crippen LogP contribution is -2.20. The molecule has 0 bridgehead atoms. The number of aliphatic hydroxyl groups is 1. The molecular formula is C23H23NO6. The van der Waals surface area contributed by atoms with E-state index in [0.29, 0.717) is 30.2 Å². The molecule has 3 rings (SSSR count). The van der Waals surface area contributed by atoms with E-state index in [4.69, 9.17) is 13.9 Å². The molecule has 0 saturated carbocycles. The molecule has 0 amide bonds. The van der Waals surface area contributed by atoms with Crippen LogP contribution in [0.2, 0.25) is 0 Å². The summed E-state index contributed by atoms with van der Waals surface area (Å²) in [5.41, 5.74) is 1.82. The maximum Gasteiger partial charge on any atom is 0.337 e. The topological polar surface area (TPSA) is 98.0 Å². The zero-order valence-electron chi connectivity index (χ0n) is 16.8. The van der Waals surface area contributed by atoms with Gasteiger partial charge in [0.1, 0.15) is 11.5 Å². The first-order valence-electron chi connectivity index (χ1n) is 9.36. The van der Waals surface area contributed by atoms with Crippen molar-refractivity contribution in [1.29, 1.82) is 0 Å². The largest absolute Gasteiger partial charge is 0.465 e. The molecule has 1 atom stereocenters. The summed E-state index contributed by atoms with van der Waals surface area (Å²) in [5, 5.41) is 13.4. The lowest BCUT2D eigenvalue weighted by atomic mass is 10.0. The molecule has 7 heteroatoms. The van der Waals surface area contributed by atoms with Crippen molar-refractivity contribution in [3.05, 3.63) is 83.1 Å². The van der Waals surface area contributed by atoms with Crippen molar-refractivity contribution in [2.75, 3.05) is 20.8 Å². The normalized spacial score (nSPS) is 11.7. The fraction of sp³-hybridized carbons (Fsp3) is 0.217. The lowest BCUT2D eigenvalue weighted by Gasteiger charge is -2.11. The molecule has 0 unspecified atom stereocenters. The summed E-state index contributed by atoms with van der Waals surface area (Å²) in [6.45, 7) is 0.773. The second kappa shape index (κ2) is 9.87. The Labute approximate surface area is 174 Å². The fourth-order valence-corrected chi connectivity index (χ4v) is 2.99. The molecule has 0 spiro atoms. The molecule has 0 aliphatic rings. The first-order valence-corrected chi connectivity index (χ1v) is 9.36. The molecule has 0 radical (unpaired) electrons. The van der Waals surface area contributed by atoms with Gasteiger partial charge < -0.3 is 24.3 Å². The SMILES string of the molecule is COC(=O)c1cc(C(=O)OC)cc(-c2ccc(CNC[C@H](O)c3ccccc3)o2)c1. The number of furan rings is 1. The van der Waals surface area contributed by atoms with Crippen molar-refractivity contribution >= 4 is 11.9 Å². The minimum atomic E-state index is -0.625. The van der Waals surface area contributed by atoms with Gasteiger partial charge in [-0.1, -0.05) is 30.3 Å². The standard InChI is InChI=1S/C23H23NO6/c1-28-22(26)17-10-16(11-18(12-17)23(27)29-2)21-9-8-19(30-21)13-24-14-20(25)15-6-4-3-5-7-15/h3-12,20,24-25H,13-14H2,1-2H3/t20-/m0/s1. The van der Waals surface area contributed by atoms with Gasteiger partial charge in [0.15, 0.2) is 0 Å². The minimum Gasteiger partial charge on any atom is -0.465 e. The molecule has 7 nitrogen and oxygen atoms in total. The lowest BCUT2D eigenvalue weighted by molar-refractivity contribution is 0.0599. The van der Waals surface area contributed by atoms with Gasteiger partial charge >= 0.3 is 11.9 Å². The molecule has 3 aromatic rings. The average Bonchev–Trinajstić information content (AvgIpc) is 3.27. The third kappa shape index (κ3) is 5.14. The van der Waals surface area contributed by atoms with Crippen molar-refractivity contribution < 1.29 is 28.6 Å². The second-order valence-electron chi connectivity index (χ2n) is 6.61. The Kier molecular flexibility index (Phi) is 7.00. The van der Waals surface area contributed by atoms with Gasteiger partial charge in [0.2, 0.25) is 0 Å². The molecule has 156 valence electrons. The first-order chi connectivity index (χ1) is 14.5. The van der Waals surface area contributed by atoms with Crippen molar-refractivity contribution in [2.45, 2.75) is 12.6 Å². The maximum atomic E-state index is 11.9. The summed E-state index contributed by atoms with van der Waals surface area (Å²) < 4.78 is 15.4. The third-order valence-electron chi connectivity index (χ3n) is 4.54. The molecule has 2 N–H and O–H groups in total. The Balaban J connectivity index is 1.72. The van der Waals surface area contributed by atoms with E-state index in [1.807, 2.05) is 30.3 Å². The fourth-order valence-electron chi connectivity index (χ4n) is 2.99. The highest BCUT2D eigenvalue weighted by Gasteiger charge is 2.16. The number of rotatable bonds is 8. The summed E-state index contributed by atoms with van der Waals surface area (Å²) in [4.78, 5) is 23.9. The zero-order chi connectivity index (χ0) is 21.5. The predicted molar refractivity (Wildman–Crippen MR) is 110 cm³/mol. The van der Waals surface area contributed by atoms with Gasteiger partial charge in [-0.3, -0.25) is 0 Å². The summed E-state index contributed by atoms with van der Waals surface area (Å²) >= 11 is 0. The smallest absolute Gasteiger partial charge is 0.337 e. The summed E-state index contributed by atoms with van der Waals surface area (Å²) in [6, 6.07) is 17.5. The van der Waals surface area contributed by atoms with Crippen LogP contribution in [-0.4, -0.2) is 37.8 Å². The molecule has 1 heterocycles. The van der Waals surface area contributed by atoms with Crippen LogP contribution in [0.3, 0.4) is 0 Å². The van der Waals surface area contributed by atoms with Crippen LogP contribution in [0.15, 0.2) is 65.1 Å². The van der Waals surface area contributed by atoms with Crippen molar-refractivity contribution in [2.24, 2.45) is 0 Å². The number of nitrogens with one attached hydrogen (secondary N) is 1. The number of hydrogen-bond donors (Lipinski definition) is 2. The monoisotopic (exact) mass is 409 g/mol. The second-order valence-corrected chi connectivity index (χ2v) is 6.61. The Morgan fingerprint density at radius 1 is 0.967 bits per heavy atom. The maximum absolute atomic E-state index is 11.9. The molecule has 2 aromatic carbocycles. The Bertz CT molecular complexity index is 977. The van der Waals surface area contributed by atoms with Gasteiger partial charge in [-0.05, 0) is 35.9 Å². The van der Waals surface area contributed by atoms with Crippen molar-refractivity contribution in [3.63, 3.8) is 0 Å². The predicted octanol–water partition coefficient (Wildman–Crippen LogP) is 3.34. The molecule has 1 aromatic heterocycles. The molecule has 0 aliphatic carbocycles. The summed E-state index contributed by atoms with van der Waals surface area (Å²) in [6.07, 6.45) is -0.625. The van der Waals surface area contributed by atoms with E-state index >= 15 is 0 Å². The molecular weight excluding hydrogens is 386 g/mol. The highest BCUT2D eigenvalue weighted by atomic mass is 16.5. The molecule has 30 heavy (non-hydrogen) atoms. The third-order valence-corrected chi connectivity index (χ3v) is 4.54. The van der Waals surface area contributed by atoms with Crippen LogP contribution in [0.1, 0.15) is 38.1 Å². The molecule has 0 fully saturated rings. The summed E-state index contributed by atoms with van der Waals surface area (Å²) in [5.74, 6) is 0.00960. The van der Waals surface area contributed by atoms with E-state index in [9.17, 15) is 14.7 Å². The number of benzene rings is 2. The van der Waals surface area contributed by atoms with Crippen LogP contribution >= 0.6 is 0 Å². The van der Waals surface area contributed by atoms with Crippen LogP contribution in [0.4, 0.5) is 0 Å². The Morgan fingerprint density at radius 3 is 2.20 bits per heavy atom. The number of carbonyl (C=O) groups is 2. The number of ether oxygens (including phenoxy) is 2. The van der Waals surface area contributed by atoms with Crippen LogP contribution in [0.5, 0.6) is 0 Å². The van der Waals surface area contributed by atoms with E-state index in [2.05, 4.69) is 5.32 Å². The first kappa shape index (κ1) is 21.3. The van der Waals surface area contributed by atoms with Gasteiger partial charge in [-0.25, -0.2) is 9.59 Å². The number of carbonyl (C=O) groups excluding carboxylic acids is 2. The van der Waals surface area contributed by atoms with Gasteiger partial charge in [0.25, 0.3) is 0 Å². The van der Waals surface area contributed by atoms with Gasteiger partial charge in [-0.15, -0.1) is 0 Å². The number of methoxy groups -OCH3 is 2. The Morgan fingerprint density at radius 2 is 1.60 bits per heavy atom. The van der Waals surface area contributed by atoms with Gasteiger partial charge in [0.05, 0.1) is 38.0 Å². The summed E-state index contributed by atoms with van der Waals surface area (Å²) in [7, 11) is 2.54. The van der Waals surface area contributed by atoms with Crippen molar-refractivity contribution in [3.8, 4) is 11.3 Å². The van der Waals surface area contributed by atoms with E-state index in [1.54, 1.807) is 24.3 Å². The quantitative estimate of drug-likeness (QED) is 0.551. The van der Waals surface area contributed by atoms with E-state index in [0.717, 1.165) is 5.56 Å². The van der Waals surface area contributed by atoms with Crippen LogP contribution in [0.25, 0.3) is 11.3 Å². The van der Waals surface area contributed by atoms with Crippen molar-refractivity contribution in [1.82, 2.24) is 5.32 Å². The zero-order valence-corrected chi connectivity index (χ0v) is 16.8. The number of esters is 2. The number of hydrogen-bond acceptors (Lipinski definition) is 7.